The number of nitrogens with one attached hydrogen (secondary N) is 1. The first-order chi connectivity index (χ1) is 19.2. The maximum atomic E-state index is 13.3. The number of rotatable bonds is 3. The molecule has 10 nitrogen and oxygen atoms in total. The Morgan fingerprint density at radius 3 is 2.74 bits per heavy atom. The van der Waals surface area contributed by atoms with Crippen LogP contribution in [0, 0.1) is 11.5 Å². The number of benzene rings is 1. The van der Waals surface area contributed by atoms with Crippen LogP contribution in [-0.2, 0) is 16.0 Å². The zero-order valence-electron chi connectivity index (χ0n) is 21.0. The van der Waals surface area contributed by atoms with Gasteiger partial charge in [0.1, 0.15) is 11.5 Å². The van der Waals surface area contributed by atoms with Gasteiger partial charge < -0.3 is 9.80 Å². The molecule has 4 aliphatic heterocycles. The predicted molar refractivity (Wildman–Crippen MR) is 146 cm³/mol. The van der Waals surface area contributed by atoms with E-state index in [1.165, 1.54) is 6.42 Å². The van der Waals surface area contributed by atoms with E-state index in [9.17, 15) is 14.9 Å². The number of pyridine rings is 1. The number of imidazole rings is 1. The first-order valence-corrected chi connectivity index (χ1v) is 13.0. The molecule has 4 aliphatic rings. The Labute approximate surface area is 224 Å². The van der Waals surface area contributed by atoms with Gasteiger partial charge in [0.2, 0.25) is 6.19 Å². The van der Waals surface area contributed by atoms with Crippen LogP contribution in [0.25, 0.3) is 11.2 Å². The Kier molecular flexibility index (Phi) is 5.37. The van der Waals surface area contributed by atoms with Crippen LogP contribution in [0.4, 0.5) is 5.69 Å². The first-order valence-electron chi connectivity index (χ1n) is 13.0. The second kappa shape index (κ2) is 9.06. The topological polar surface area (TPSA) is 118 Å². The van der Waals surface area contributed by atoms with E-state index in [1.807, 2.05) is 48.9 Å². The Bertz CT molecular complexity index is 1710. The molecule has 1 fully saturated rings. The number of carbonyl (C=O) groups excluding carboxylic acids is 2. The smallest absolute Gasteiger partial charge is 0.261 e. The van der Waals surface area contributed by atoms with Crippen LogP contribution in [-0.4, -0.2) is 56.8 Å². The number of imide groups is 1. The number of nitrogens with zero attached hydrogens (tertiary/aromatic N) is 7. The van der Waals surface area contributed by atoms with Crippen molar-refractivity contribution in [3.05, 3.63) is 83.6 Å². The van der Waals surface area contributed by atoms with Crippen molar-refractivity contribution in [3.8, 4) is 6.19 Å². The number of hydrogen-bond donors (Lipinski definition) is 1. The SMILES string of the molecule is N#C/N=C(/C1Cc2cccc3c2N1C=CN=C3C1=C(c2cnc3ccccn23)C(=O)NC1=O)N1CCCCC1. The summed E-state index contributed by atoms with van der Waals surface area (Å²) in [6.45, 7) is 1.74. The van der Waals surface area contributed by atoms with Gasteiger partial charge in [-0.2, -0.15) is 10.3 Å². The van der Waals surface area contributed by atoms with E-state index in [0.717, 1.165) is 48.6 Å². The van der Waals surface area contributed by atoms with Crippen molar-refractivity contribution in [1.82, 2.24) is 19.6 Å². The quantitative estimate of drug-likeness (QED) is 0.248. The highest BCUT2D eigenvalue weighted by atomic mass is 16.2. The van der Waals surface area contributed by atoms with Crippen LogP contribution >= 0.6 is 0 Å². The van der Waals surface area contributed by atoms with Crippen LogP contribution in [0.3, 0.4) is 0 Å². The number of hydrogen-bond acceptors (Lipinski definition) is 7. The molecular formula is C29H24N8O2. The van der Waals surface area contributed by atoms with Crippen molar-refractivity contribution in [2.24, 2.45) is 9.98 Å². The van der Waals surface area contributed by atoms with Gasteiger partial charge in [-0.05, 0) is 37.0 Å². The number of aromatic nitrogens is 2. The van der Waals surface area contributed by atoms with E-state index in [2.05, 4.69) is 31.2 Å². The number of fused-ring (bicyclic) bond motifs is 1. The summed E-state index contributed by atoms with van der Waals surface area (Å²) in [5.74, 6) is -0.215. The highest BCUT2D eigenvalue weighted by Crippen LogP contribution is 2.41. The Balaban J connectivity index is 1.36. The number of piperidine rings is 1. The second-order valence-corrected chi connectivity index (χ2v) is 9.94. The van der Waals surface area contributed by atoms with E-state index in [4.69, 9.17) is 4.99 Å². The Hall–Kier alpha value is -5.04. The zero-order chi connectivity index (χ0) is 26.5. The summed E-state index contributed by atoms with van der Waals surface area (Å²) < 4.78 is 1.79. The van der Waals surface area contributed by atoms with Crippen LogP contribution in [0.15, 0.2) is 76.7 Å². The minimum Gasteiger partial charge on any atom is -0.358 e. The van der Waals surface area contributed by atoms with Crippen LogP contribution in [0.1, 0.15) is 36.1 Å². The fraction of sp³-hybridized carbons (Fsp3) is 0.241. The molecule has 2 amide bonds. The molecule has 3 aromatic rings. The third-order valence-electron chi connectivity index (χ3n) is 7.80. The van der Waals surface area contributed by atoms with Gasteiger partial charge in [0.15, 0.2) is 0 Å². The van der Waals surface area contributed by atoms with Gasteiger partial charge in [-0.1, -0.05) is 24.3 Å². The van der Waals surface area contributed by atoms with Gasteiger partial charge in [-0.25, -0.2) is 4.98 Å². The van der Waals surface area contributed by atoms with Crippen molar-refractivity contribution in [2.45, 2.75) is 31.7 Å². The van der Waals surface area contributed by atoms with Gasteiger partial charge >= 0.3 is 0 Å². The van der Waals surface area contributed by atoms with Crippen LogP contribution in [0.5, 0.6) is 0 Å². The Morgan fingerprint density at radius 2 is 1.90 bits per heavy atom. The predicted octanol–water partition coefficient (Wildman–Crippen LogP) is 2.81. The molecular weight excluding hydrogens is 492 g/mol. The monoisotopic (exact) mass is 516 g/mol. The number of para-hydroxylation sites is 1. The first kappa shape index (κ1) is 23.1. The summed E-state index contributed by atoms with van der Waals surface area (Å²) in [4.78, 5) is 44.2. The lowest BCUT2D eigenvalue weighted by molar-refractivity contribution is -0.123. The average molecular weight is 517 g/mol. The number of nitriles is 1. The van der Waals surface area contributed by atoms with Gasteiger partial charge in [0.05, 0.1) is 40.5 Å². The third-order valence-corrected chi connectivity index (χ3v) is 7.80. The molecule has 1 aromatic carbocycles. The molecule has 2 aromatic heterocycles. The normalized spacial score (nSPS) is 20.7. The number of amidine groups is 1. The molecule has 192 valence electrons. The van der Waals surface area contributed by atoms with E-state index >= 15 is 0 Å². The lowest BCUT2D eigenvalue weighted by atomic mass is 9.94. The fourth-order valence-electron chi connectivity index (χ4n) is 6.13. The molecule has 1 atom stereocenters. The average Bonchev–Trinajstić information content (AvgIpc) is 3.58. The molecule has 1 N–H and O–H groups in total. The number of carbonyl (C=O) groups is 2. The molecule has 0 radical (unpaired) electrons. The van der Waals surface area contributed by atoms with Gasteiger partial charge in [-0.3, -0.25) is 24.3 Å². The number of anilines is 1. The number of likely N-dealkylation sites (tertiary alicyclic amines) is 1. The van der Waals surface area contributed by atoms with Crippen molar-refractivity contribution in [3.63, 3.8) is 0 Å². The molecule has 0 saturated carbocycles. The van der Waals surface area contributed by atoms with E-state index in [0.29, 0.717) is 23.5 Å². The minimum atomic E-state index is -0.492. The Morgan fingerprint density at radius 1 is 1.05 bits per heavy atom. The fourth-order valence-corrected chi connectivity index (χ4v) is 6.13. The van der Waals surface area contributed by atoms with Crippen molar-refractivity contribution in [1.29, 1.82) is 5.26 Å². The zero-order valence-corrected chi connectivity index (χ0v) is 21.0. The summed E-state index contributed by atoms with van der Waals surface area (Å²) in [6, 6.07) is 11.3. The standard InChI is InChI=1S/C29H24N8O2/c30-17-33-27(35-11-3-1-4-12-35)20-15-18-7-6-8-19-25(31-10-14-37(20)26(18)19)24-23(28(38)34-29(24)39)21-16-32-22-9-2-5-13-36(21)22/h2,5-10,13-14,16,20H,1,3-4,11-12,15H2,(H,34,38,39)/b33-27-. The molecule has 6 heterocycles. The summed E-state index contributed by atoms with van der Waals surface area (Å²) in [7, 11) is 0. The lowest BCUT2D eigenvalue weighted by Gasteiger charge is -2.35. The third kappa shape index (κ3) is 3.58. The van der Waals surface area contributed by atoms with Crippen LogP contribution < -0.4 is 10.2 Å². The molecule has 10 heteroatoms. The highest BCUT2D eigenvalue weighted by molar-refractivity contribution is 6.47. The minimum absolute atomic E-state index is 0.170. The molecule has 0 bridgehead atoms. The summed E-state index contributed by atoms with van der Waals surface area (Å²) in [6.07, 6.45) is 13.0. The van der Waals surface area contributed by atoms with Gasteiger partial charge in [0, 0.05) is 43.7 Å². The number of amides is 2. The van der Waals surface area contributed by atoms with E-state index < -0.39 is 11.8 Å². The molecule has 0 spiro atoms. The highest BCUT2D eigenvalue weighted by Gasteiger charge is 2.41. The summed E-state index contributed by atoms with van der Waals surface area (Å²) in [5.41, 5.74) is 4.81. The molecule has 1 saturated heterocycles. The lowest BCUT2D eigenvalue weighted by Crippen LogP contribution is -2.47. The van der Waals surface area contributed by atoms with Crippen LogP contribution in [0.2, 0.25) is 0 Å². The van der Waals surface area contributed by atoms with Crippen molar-refractivity contribution >= 4 is 40.3 Å². The van der Waals surface area contributed by atoms with E-state index in [-0.39, 0.29) is 17.2 Å². The molecule has 39 heavy (non-hydrogen) atoms. The van der Waals surface area contributed by atoms with E-state index in [1.54, 1.807) is 16.8 Å². The van der Waals surface area contributed by atoms with Gasteiger partial charge in [0.25, 0.3) is 11.8 Å². The molecule has 7 rings (SSSR count). The molecule has 1 unspecified atom stereocenters. The van der Waals surface area contributed by atoms with Crippen molar-refractivity contribution < 1.29 is 9.59 Å². The largest absolute Gasteiger partial charge is 0.358 e. The molecule has 0 aliphatic carbocycles. The maximum absolute atomic E-state index is 13.3. The second-order valence-electron chi connectivity index (χ2n) is 9.94. The van der Waals surface area contributed by atoms with Crippen molar-refractivity contribution in [2.75, 3.05) is 18.0 Å². The van der Waals surface area contributed by atoms with Gasteiger partial charge in [-0.15, -0.1) is 0 Å². The maximum Gasteiger partial charge on any atom is 0.261 e. The summed E-state index contributed by atoms with van der Waals surface area (Å²) >= 11 is 0. The number of aliphatic imine (C=N–C) groups is 2. The summed E-state index contributed by atoms with van der Waals surface area (Å²) in [5, 5.41) is 12.0.